The monoisotopic (exact) mass is 308 g/mol. The summed E-state index contributed by atoms with van der Waals surface area (Å²) in [7, 11) is 0. The lowest BCUT2D eigenvalue weighted by Crippen LogP contribution is -2.28. The fourth-order valence-electron chi connectivity index (χ4n) is 2.03. The van der Waals surface area contributed by atoms with Gasteiger partial charge in [0, 0.05) is 4.88 Å². The molecular weight excluding hydrogens is 292 g/mol. The van der Waals surface area contributed by atoms with Crippen LogP contribution in [0.25, 0.3) is 0 Å². The van der Waals surface area contributed by atoms with E-state index in [9.17, 15) is 4.79 Å². The number of halogens is 1. The minimum atomic E-state index is -0.183. The third kappa shape index (κ3) is 3.32. The minimum absolute atomic E-state index is 0.0193. The van der Waals surface area contributed by atoms with Crippen LogP contribution in [-0.4, -0.2) is 5.91 Å². The van der Waals surface area contributed by atoms with Crippen molar-refractivity contribution >= 4 is 34.5 Å². The molecule has 20 heavy (non-hydrogen) atoms. The second-order valence-corrected chi connectivity index (χ2v) is 5.92. The van der Waals surface area contributed by atoms with Crippen molar-refractivity contribution in [2.45, 2.75) is 25.8 Å². The number of rotatable bonds is 5. The van der Waals surface area contributed by atoms with Crippen LogP contribution in [-0.2, 0) is 0 Å². The number of thiophene rings is 1. The number of carbonyl (C=O) groups is 1. The highest BCUT2D eigenvalue weighted by Gasteiger charge is 2.18. The molecule has 3 nitrogen and oxygen atoms in total. The summed E-state index contributed by atoms with van der Waals surface area (Å²) in [6.07, 6.45) is 1.89. The average Bonchev–Trinajstić information content (AvgIpc) is 2.95. The van der Waals surface area contributed by atoms with Crippen LogP contribution in [0.3, 0.4) is 0 Å². The maximum Gasteiger partial charge on any atom is 0.253 e. The van der Waals surface area contributed by atoms with Crippen LogP contribution in [0.15, 0.2) is 35.7 Å². The summed E-state index contributed by atoms with van der Waals surface area (Å²) >= 11 is 7.60. The SMILES string of the molecule is CCCC(NC(=O)c1cccc(Cl)c1N)c1cccs1. The largest absolute Gasteiger partial charge is 0.397 e. The zero-order valence-electron chi connectivity index (χ0n) is 11.2. The van der Waals surface area contributed by atoms with Crippen molar-refractivity contribution in [2.75, 3.05) is 5.73 Å². The van der Waals surface area contributed by atoms with Gasteiger partial charge in [0.25, 0.3) is 5.91 Å². The van der Waals surface area contributed by atoms with E-state index in [-0.39, 0.29) is 11.9 Å². The number of carbonyl (C=O) groups excluding carboxylic acids is 1. The van der Waals surface area contributed by atoms with Crippen LogP contribution in [0.5, 0.6) is 0 Å². The molecule has 0 spiro atoms. The van der Waals surface area contributed by atoms with Gasteiger partial charge in [-0.25, -0.2) is 0 Å². The first-order chi connectivity index (χ1) is 9.63. The van der Waals surface area contributed by atoms with Crippen LogP contribution in [0, 0.1) is 0 Å². The van der Waals surface area contributed by atoms with E-state index in [4.69, 9.17) is 17.3 Å². The lowest BCUT2D eigenvalue weighted by molar-refractivity contribution is 0.0936. The van der Waals surface area contributed by atoms with E-state index in [0.29, 0.717) is 16.3 Å². The minimum Gasteiger partial charge on any atom is -0.397 e. The predicted octanol–water partition coefficient (Wildman–Crippen LogP) is 4.25. The Kier molecular flexibility index (Phi) is 5.04. The number of para-hydroxylation sites is 1. The van der Waals surface area contributed by atoms with Gasteiger partial charge in [0.05, 0.1) is 22.3 Å². The number of hydrogen-bond acceptors (Lipinski definition) is 3. The third-order valence-electron chi connectivity index (χ3n) is 3.07. The Bertz CT molecular complexity index is 584. The topological polar surface area (TPSA) is 55.1 Å². The molecule has 1 unspecified atom stereocenters. The van der Waals surface area contributed by atoms with Crippen molar-refractivity contribution in [1.29, 1.82) is 0 Å². The maximum atomic E-state index is 12.4. The van der Waals surface area contributed by atoms with Gasteiger partial charge in [0.2, 0.25) is 0 Å². The highest BCUT2D eigenvalue weighted by atomic mass is 35.5. The number of amides is 1. The second-order valence-electron chi connectivity index (χ2n) is 4.53. The molecule has 1 atom stereocenters. The Morgan fingerprint density at radius 3 is 2.85 bits per heavy atom. The van der Waals surface area contributed by atoms with Crippen LogP contribution in [0.4, 0.5) is 5.69 Å². The molecule has 0 fully saturated rings. The van der Waals surface area contributed by atoms with Crippen molar-refractivity contribution < 1.29 is 4.79 Å². The molecule has 1 amide bonds. The standard InChI is InChI=1S/C15H17ClN2OS/c1-2-5-12(13-8-4-9-20-13)18-15(19)10-6-3-7-11(16)14(10)17/h3-4,6-9,12H,2,5,17H2,1H3,(H,18,19). The molecule has 1 heterocycles. The Labute approximate surface area is 127 Å². The normalized spacial score (nSPS) is 12.1. The summed E-state index contributed by atoms with van der Waals surface area (Å²) in [6.45, 7) is 2.10. The fourth-order valence-corrected chi connectivity index (χ4v) is 3.02. The number of nitrogens with one attached hydrogen (secondary N) is 1. The molecule has 3 N–H and O–H groups in total. The van der Waals surface area contributed by atoms with Crippen LogP contribution < -0.4 is 11.1 Å². The summed E-state index contributed by atoms with van der Waals surface area (Å²) in [6, 6.07) is 9.14. The van der Waals surface area contributed by atoms with Crippen molar-refractivity contribution in [2.24, 2.45) is 0 Å². The van der Waals surface area contributed by atoms with Gasteiger partial charge in [-0.3, -0.25) is 4.79 Å². The first-order valence-electron chi connectivity index (χ1n) is 6.51. The van der Waals surface area contributed by atoms with Crippen LogP contribution >= 0.6 is 22.9 Å². The van der Waals surface area contributed by atoms with E-state index in [2.05, 4.69) is 12.2 Å². The van der Waals surface area contributed by atoms with Gasteiger partial charge in [-0.2, -0.15) is 0 Å². The summed E-state index contributed by atoms with van der Waals surface area (Å²) in [5.41, 5.74) is 6.61. The number of benzene rings is 1. The summed E-state index contributed by atoms with van der Waals surface area (Å²) < 4.78 is 0. The summed E-state index contributed by atoms with van der Waals surface area (Å²) in [4.78, 5) is 13.5. The molecule has 106 valence electrons. The Hall–Kier alpha value is -1.52. The first kappa shape index (κ1) is 14.9. The van der Waals surface area contributed by atoms with E-state index in [0.717, 1.165) is 17.7 Å². The lowest BCUT2D eigenvalue weighted by atomic mass is 10.1. The molecule has 2 aromatic rings. The molecule has 1 aromatic carbocycles. The zero-order valence-corrected chi connectivity index (χ0v) is 12.8. The van der Waals surface area contributed by atoms with E-state index in [1.165, 1.54) is 0 Å². The third-order valence-corrected chi connectivity index (χ3v) is 4.38. The van der Waals surface area contributed by atoms with Gasteiger partial charge in [0.15, 0.2) is 0 Å². The highest BCUT2D eigenvalue weighted by Crippen LogP contribution is 2.26. The number of anilines is 1. The Morgan fingerprint density at radius 2 is 2.20 bits per heavy atom. The molecule has 0 saturated heterocycles. The molecule has 0 saturated carbocycles. The molecule has 0 radical (unpaired) electrons. The average molecular weight is 309 g/mol. The summed E-state index contributed by atoms with van der Waals surface area (Å²) in [5.74, 6) is -0.183. The van der Waals surface area contributed by atoms with Gasteiger partial charge in [-0.1, -0.05) is 37.1 Å². The van der Waals surface area contributed by atoms with Crippen LogP contribution in [0.1, 0.15) is 41.0 Å². The highest BCUT2D eigenvalue weighted by molar-refractivity contribution is 7.10. The summed E-state index contributed by atoms with van der Waals surface area (Å²) in [5, 5.41) is 5.45. The van der Waals surface area contributed by atoms with E-state index < -0.39 is 0 Å². The maximum absolute atomic E-state index is 12.4. The first-order valence-corrected chi connectivity index (χ1v) is 7.77. The molecule has 0 aliphatic carbocycles. The zero-order chi connectivity index (χ0) is 14.5. The van der Waals surface area contributed by atoms with E-state index in [1.807, 2.05) is 17.5 Å². The molecule has 0 aliphatic heterocycles. The number of nitrogens with two attached hydrogens (primary N) is 1. The van der Waals surface area contributed by atoms with E-state index in [1.54, 1.807) is 29.5 Å². The Balaban J connectivity index is 2.18. The molecule has 0 bridgehead atoms. The van der Waals surface area contributed by atoms with Crippen molar-refractivity contribution in [3.63, 3.8) is 0 Å². The molecule has 5 heteroatoms. The number of nitrogen functional groups attached to an aromatic ring is 1. The van der Waals surface area contributed by atoms with Crippen molar-refractivity contribution in [3.05, 3.63) is 51.2 Å². The quantitative estimate of drug-likeness (QED) is 0.811. The van der Waals surface area contributed by atoms with Crippen molar-refractivity contribution in [1.82, 2.24) is 5.32 Å². The van der Waals surface area contributed by atoms with Gasteiger partial charge in [-0.15, -0.1) is 11.3 Å². The van der Waals surface area contributed by atoms with Crippen LogP contribution in [0.2, 0.25) is 5.02 Å². The molecule has 1 aromatic heterocycles. The van der Waals surface area contributed by atoms with Gasteiger partial charge >= 0.3 is 0 Å². The van der Waals surface area contributed by atoms with E-state index >= 15 is 0 Å². The van der Waals surface area contributed by atoms with Gasteiger partial charge in [0.1, 0.15) is 0 Å². The predicted molar refractivity (Wildman–Crippen MR) is 85.3 cm³/mol. The van der Waals surface area contributed by atoms with Crippen molar-refractivity contribution in [3.8, 4) is 0 Å². The second kappa shape index (κ2) is 6.77. The smallest absolute Gasteiger partial charge is 0.253 e. The fraction of sp³-hybridized carbons (Fsp3) is 0.267. The molecular formula is C15H17ClN2OS. The number of hydrogen-bond donors (Lipinski definition) is 2. The van der Waals surface area contributed by atoms with Gasteiger partial charge < -0.3 is 11.1 Å². The van der Waals surface area contributed by atoms with Gasteiger partial charge in [-0.05, 0) is 30.0 Å². The Morgan fingerprint density at radius 1 is 1.40 bits per heavy atom. The lowest BCUT2D eigenvalue weighted by Gasteiger charge is -2.17. The molecule has 0 aliphatic rings. The molecule has 2 rings (SSSR count).